The van der Waals surface area contributed by atoms with Gasteiger partial charge in [0.25, 0.3) is 0 Å². The monoisotopic (exact) mass is 350 g/mol. The molecule has 1 aromatic carbocycles. The third-order valence-electron chi connectivity index (χ3n) is 1.74. The second-order valence-corrected chi connectivity index (χ2v) is 4.80. The Morgan fingerprint density at radius 2 is 2.07 bits per heavy atom. The third kappa shape index (κ3) is 2.41. The maximum Gasteiger partial charge on any atom is 0.248 e. The highest BCUT2D eigenvalue weighted by atomic mass is 79.9. The van der Waals surface area contributed by atoms with Crippen molar-refractivity contribution in [3.05, 3.63) is 33.0 Å². The Balaban J connectivity index is 2.44. The first-order valence-corrected chi connectivity index (χ1v) is 6.16. The van der Waals surface area contributed by atoms with Crippen LogP contribution in [0, 0.1) is 0 Å². The van der Waals surface area contributed by atoms with E-state index in [1.807, 2.05) is 18.2 Å². The molecule has 0 atom stereocenters. The summed E-state index contributed by atoms with van der Waals surface area (Å²) in [7, 11) is 0. The van der Waals surface area contributed by atoms with Crippen molar-refractivity contribution >= 4 is 43.5 Å². The maximum atomic E-state index is 5.58. The van der Waals surface area contributed by atoms with E-state index in [1.165, 1.54) is 0 Å². The van der Waals surface area contributed by atoms with Crippen molar-refractivity contribution in [3.63, 3.8) is 0 Å². The van der Waals surface area contributed by atoms with Crippen LogP contribution in [-0.2, 0) is 5.88 Å². The first kappa shape index (κ1) is 11.1. The minimum atomic E-state index is 0.223. The van der Waals surface area contributed by atoms with Gasteiger partial charge in [-0.2, -0.15) is 0 Å². The third-order valence-corrected chi connectivity index (χ3v) is 3.12. The second-order valence-electron chi connectivity index (χ2n) is 2.76. The van der Waals surface area contributed by atoms with Crippen molar-refractivity contribution in [1.82, 2.24) is 10.2 Å². The summed E-state index contributed by atoms with van der Waals surface area (Å²) in [4.78, 5) is 0. The van der Waals surface area contributed by atoms with Gasteiger partial charge in [0.2, 0.25) is 11.8 Å². The summed E-state index contributed by atoms with van der Waals surface area (Å²) in [5, 5.41) is 7.69. The lowest BCUT2D eigenvalue weighted by atomic mass is 10.2. The zero-order valence-electron chi connectivity index (χ0n) is 7.38. The van der Waals surface area contributed by atoms with Crippen molar-refractivity contribution in [2.24, 2.45) is 0 Å². The standard InChI is InChI=1S/C9H5Br2ClN2O/c10-5-1-2-6(7(11)3-5)9-14-13-8(4-12)15-9/h1-3H,4H2. The van der Waals surface area contributed by atoms with E-state index in [-0.39, 0.29) is 5.88 Å². The molecule has 0 aliphatic carbocycles. The summed E-state index contributed by atoms with van der Waals surface area (Å²) < 4.78 is 7.21. The van der Waals surface area contributed by atoms with Crippen molar-refractivity contribution in [2.75, 3.05) is 0 Å². The van der Waals surface area contributed by atoms with Crippen molar-refractivity contribution in [2.45, 2.75) is 5.88 Å². The van der Waals surface area contributed by atoms with Crippen LogP contribution in [0.5, 0.6) is 0 Å². The van der Waals surface area contributed by atoms with Gasteiger partial charge < -0.3 is 4.42 Å². The predicted octanol–water partition coefficient (Wildman–Crippen LogP) is 4.00. The quantitative estimate of drug-likeness (QED) is 0.767. The highest BCUT2D eigenvalue weighted by Crippen LogP contribution is 2.29. The van der Waals surface area contributed by atoms with E-state index in [2.05, 4.69) is 42.1 Å². The summed E-state index contributed by atoms with van der Waals surface area (Å²) in [6.45, 7) is 0. The molecule has 2 rings (SSSR count). The fraction of sp³-hybridized carbons (Fsp3) is 0.111. The number of hydrogen-bond acceptors (Lipinski definition) is 3. The van der Waals surface area contributed by atoms with E-state index < -0.39 is 0 Å². The molecule has 1 aromatic heterocycles. The SMILES string of the molecule is ClCc1nnc(-c2ccc(Br)cc2Br)o1. The molecule has 0 saturated heterocycles. The van der Waals surface area contributed by atoms with Gasteiger partial charge in [0.1, 0.15) is 5.88 Å². The average molecular weight is 352 g/mol. The lowest BCUT2D eigenvalue weighted by molar-refractivity contribution is 0.527. The summed E-state index contributed by atoms with van der Waals surface area (Å²) in [6.07, 6.45) is 0. The number of benzene rings is 1. The average Bonchev–Trinajstić information content (AvgIpc) is 2.66. The molecule has 15 heavy (non-hydrogen) atoms. The first-order chi connectivity index (χ1) is 7.20. The molecule has 0 spiro atoms. The Kier molecular flexibility index (Phi) is 3.43. The van der Waals surface area contributed by atoms with Crippen molar-refractivity contribution in [3.8, 4) is 11.5 Å². The van der Waals surface area contributed by atoms with Gasteiger partial charge >= 0.3 is 0 Å². The molecule has 0 N–H and O–H groups in total. The largest absolute Gasteiger partial charge is 0.419 e. The summed E-state index contributed by atoms with van der Waals surface area (Å²) in [5.41, 5.74) is 0.849. The van der Waals surface area contributed by atoms with Gasteiger partial charge in [0.15, 0.2) is 0 Å². The van der Waals surface area contributed by atoms with Crippen LogP contribution < -0.4 is 0 Å². The molecule has 0 saturated carbocycles. The Hall–Kier alpha value is -0.390. The number of rotatable bonds is 2. The molecule has 0 amide bonds. The van der Waals surface area contributed by atoms with Gasteiger partial charge in [-0.1, -0.05) is 15.9 Å². The number of alkyl halides is 1. The van der Waals surface area contributed by atoms with E-state index in [1.54, 1.807) is 0 Å². The molecule has 0 aliphatic rings. The lowest BCUT2D eigenvalue weighted by Gasteiger charge is -1.99. The van der Waals surface area contributed by atoms with E-state index in [0.29, 0.717) is 11.8 Å². The van der Waals surface area contributed by atoms with Crippen LogP contribution in [-0.4, -0.2) is 10.2 Å². The van der Waals surface area contributed by atoms with Crippen molar-refractivity contribution < 1.29 is 4.42 Å². The highest BCUT2D eigenvalue weighted by Gasteiger charge is 2.11. The minimum absolute atomic E-state index is 0.223. The predicted molar refractivity (Wildman–Crippen MR) is 64.7 cm³/mol. The zero-order valence-corrected chi connectivity index (χ0v) is 11.3. The molecule has 6 heteroatoms. The lowest BCUT2D eigenvalue weighted by Crippen LogP contribution is -1.80. The summed E-state index contributed by atoms with van der Waals surface area (Å²) in [5.74, 6) is 1.10. The fourth-order valence-corrected chi connectivity index (χ4v) is 2.40. The molecule has 78 valence electrons. The topological polar surface area (TPSA) is 38.9 Å². The highest BCUT2D eigenvalue weighted by molar-refractivity contribution is 9.11. The number of nitrogens with zero attached hydrogens (tertiary/aromatic N) is 2. The second kappa shape index (κ2) is 4.63. The van der Waals surface area contributed by atoms with E-state index >= 15 is 0 Å². The maximum absolute atomic E-state index is 5.58. The van der Waals surface area contributed by atoms with Crippen LogP contribution in [0.25, 0.3) is 11.5 Å². The van der Waals surface area contributed by atoms with Gasteiger partial charge in [-0.15, -0.1) is 21.8 Å². The molecule has 2 aromatic rings. The van der Waals surface area contributed by atoms with Crippen LogP contribution >= 0.6 is 43.5 Å². The van der Waals surface area contributed by atoms with Crippen LogP contribution in [0.1, 0.15) is 5.89 Å². The minimum Gasteiger partial charge on any atom is -0.419 e. The molecule has 0 fully saturated rings. The van der Waals surface area contributed by atoms with Crippen LogP contribution in [0.15, 0.2) is 31.6 Å². The van der Waals surface area contributed by atoms with Crippen LogP contribution in [0.4, 0.5) is 0 Å². The molecular formula is C9H5Br2ClN2O. The number of hydrogen-bond donors (Lipinski definition) is 0. The van der Waals surface area contributed by atoms with Gasteiger partial charge in [0, 0.05) is 8.95 Å². The first-order valence-electron chi connectivity index (χ1n) is 4.04. The number of aromatic nitrogens is 2. The fourth-order valence-electron chi connectivity index (χ4n) is 1.08. The molecule has 0 bridgehead atoms. The van der Waals surface area contributed by atoms with Crippen molar-refractivity contribution in [1.29, 1.82) is 0 Å². The van der Waals surface area contributed by atoms with Gasteiger partial charge in [-0.05, 0) is 34.1 Å². The van der Waals surface area contributed by atoms with Crippen LogP contribution in [0.3, 0.4) is 0 Å². The molecule has 0 aliphatic heterocycles. The smallest absolute Gasteiger partial charge is 0.248 e. The molecule has 3 nitrogen and oxygen atoms in total. The van der Waals surface area contributed by atoms with Gasteiger partial charge in [0.05, 0.1) is 5.56 Å². The summed E-state index contributed by atoms with van der Waals surface area (Å²) >= 11 is 12.4. The Morgan fingerprint density at radius 1 is 1.27 bits per heavy atom. The summed E-state index contributed by atoms with van der Waals surface area (Å²) in [6, 6.07) is 5.71. The molecule has 1 heterocycles. The Morgan fingerprint density at radius 3 is 2.67 bits per heavy atom. The van der Waals surface area contributed by atoms with E-state index in [9.17, 15) is 0 Å². The van der Waals surface area contributed by atoms with E-state index in [4.69, 9.17) is 16.0 Å². The van der Waals surface area contributed by atoms with Crippen LogP contribution in [0.2, 0.25) is 0 Å². The molecular weight excluding hydrogens is 347 g/mol. The molecule has 0 unspecified atom stereocenters. The van der Waals surface area contributed by atoms with E-state index in [0.717, 1.165) is 14.5 Å². The zero-order chi connectivity index (χ0) is 10.8. The molecule has 0 radical (unpaired) electrons. The number of halogens is 3. The Bertz CT molecular complexity index is 487. The van der Waals surface area contributed by atoms with Gasteiger partial charge in [-0.3, -0.25) is 0 Å². The Labute approximate surface area is 108 Å². The normalized spacial score (nSPS) is 10.6. The van der Waals surface area contributed by atoms with Gasteiger partial charge in [-0.25, -0.2) is 0 Å².